The third kappa shape index (κ3) is 2.63. The normalized spacial score (nSPS) is 19.2. The van der Waals surface area contributed by atoms with Crippen molar-refractivity contribution in [1.82, 2.24) is 0 Å². The lowest BCUT2D eigenvalue weighted by Crippen LogP contribution is -2.49. The smallest absolute Gasteiger partial charge is 0.310 e. The van der Waals surface area contributed by atoms with Gasteiger partial charge in [-0.1, -0.05) is 36.4 Å². The fourth-order valence-electron chi connectivity index (χ4n) is 1.94. The summed E-state index contributed by atoms with van der Waals surface area (Å²) in [5.41, 5.74) is 9.65. The van der Waals surface area contributed by atoms with Crippen LogP contribution in [0.5, 0.6) is 0 Å². The first-order chi connectivity index (χ1) is 8.30. The van der Waals surface area contributed by atoms with Gasteiger partial charge in [-0.3, -0.25) is 0 Å². The van der Waals surface area contributed by atoms with Crippen LogP contribution < -0.4 is 11.5 Å². The summed E-state index contributed by atoms with van der Waals surface area (Å²) < 4.78 is 39.1. The molecule has 0 radical (unpaired) electrons. The lowest BCUT2D eigenvalue weighted by Gasteiger charge is -2.29. The molecule has 1 aliphatic carbocycles. The van der Waals surface area contributed by atoms with E-state index >= 15 is 0 Å². The van der Waals surface area contributed by atoms with Crippen molar-refractivity contribution in [3.8, 4) is 0 Å². The zero-order chi connectivity index (χ0) is 13.4. The van der Waals surface area contributed by atoms with E-state index in [1.807, 2.05) is 0 Å². The van der Waals surface area contributed by atoms with E-state index in [1.165, 1.54) is 12.2 Å². The fourth-order valence-corrected chi connectivity index (χ4v) is 1.94. The minimum Gasteiger partial charge on any atom is -0.310 e. The SMILES string of the molecule is NC1(N)C=CC(c2ccccc2)=C(C(F)(F)F)C1. The van der Waals surface area contributed by atoms with Crippen molar-refractivity contribution >= 4 is 5.57 Å². The van der Waals surface area contributed by atoms with Crippen LogP contribution in [0.4, 0.5) is 13.2 Å². The first-order valence-corrected chi connectivity index (χ1v) is 5.42. The topological polar surface area (TPSA) is 52.0 Å². The summed E-state index contributed by atoms with van der Waals surface area (Å²) in [6.45, 7) is 0. The molecule has 0 amide bonds. The minimum atomic E-state index is -4.43. The van der Waals surface area contributed by atoms with Crippen LogP contribution in [0.25, 0.3) is 5.57 Å². The van der Waals surface area contributed by atoms with Gasteiger partial charge in [0.1, 0.15) is 0 Å². The van der Waals surface area contributed by atoms with Crippen LogP contribution in [-0.4, -0.2) is 11.8 Å². The molecule has 0 spiro atoms. The van der Waals surface area contributed by atoms with Gasteiger partial charge in [0.2, 0.25) is 0 Å². The van der Waals surface area contributed by atoms with Crippen molar-refractivity contribution in [2.45, 2.75) is 18.3 Å². The van der Waals surface area contributed by atoms with E-state index in [9.17, 15) is 13.2 Å². The Morgan fingerprint density at radius 3 is 2.22 bits per heavy atom. The Morgan fingerprint density at radius 2 is 1.67 bits per heavy atom. The van der Waals surface area contributed by atoms with Gasteiger partial charge in [0.05, 0.1) is 5.66 Å². The summed E-state index contributed by atoms with van der Waals surface area (Å²) in [7, 11) is 0. The molecule has 5 heteroatoms. The van der Waals surface area contributed by atoms with E-state index < -0.39 is 23.8 Å². The average molecular weight is 254 g/mol. The Bertz CT molecular complexity index is 499. The van der Waals surface area contributed by atoms with E-state index in [2.05, 4.69) is 0 Å². The van der Waals surface area contributed by atoms with Gasteiger partial charge >= 0.3 is 6.18 Å². The number of rotatable bonds is 1. The molecule has 0 unspecified atom stereocenters. The van der Waals surface area contributed by atoms with Gasteiger partial charge < -0.3 is 11.5 Å². The monoisotopic (exact) mass is 254 g/mol. The van der Waals surface area contributed by atoms with Gasteiger partial charge in [-0.25, -0.2) is 0 Å². The largest absolute Gasteiger partial charge is 0.413 e. The van der Waals surface area contributed by atoms with Crippen LogP contribution in [0.1, 0.15) is 12.0 Å². The lowest BCUT2D eigenvalue weighted by atomic mass is 9.87. The summed E-state index contributed by atoms with van der Waals surface area (Å²) in [4.78, 5) is 0. The average Bonchev–Trinajstić information content (AvgIpc) is 2.28. The van der Waals surface area contributed by atoms with Crippen LogP contribution >= 0.6 is 0 Å². The van der Waals surface area contributed by atoms with E-state index in [0.29, 0.717) is 5.56 Å². The van der Waals surface area contributed by atoms with Crippen molar-refractivity contribution < 1.29 is 13.2 Å². The Morgan fingerprint density at radius 1 is 1.06 bits per heavy atom. The lowest BCUT2D eigenvalue weighted by molar-refractivity contribution is -0.0947. The molecule has 0 fully saturated rings. The maximum Gasteiger partial charge on any atom is 0.413 e. The van der Waals surface area contributed by atoms with Crippen LogP contribution in [0, 0.1) is 0 Å². The Hall–Kier alpha value is -1.59. The quantitative estimate of drug-likeness (QED) is 0.757. The highest BCUT2D eigenvalue weighted by Crippen LogP contribution is 2.39. The summed E-state index contributed by atoms with van der Waals surface area (Å²) >= 11 is 0. The van der Waals surface area contributed by atoms with Crippen molar-refractivity contribution in [2.24, 2.45) is 11.5 Å². The molecule has 0 saturated heterocycles. The fraction of sp³-hybridized carbons (Fsp3) is 0.231. The number of halogens is 3. The second kappa shape index (κ2) is 4.26. The van der Waals surface area contributed by atoms with E-state index in [-0.39, 0.29) is 5.57 Å². The molecular formula is C13H13F3N2. The standard InChI is InChI=1S/C13H13F3N2/c14-13(15,16)11-8-12(17,18)7-6-10(11)9-4-2-1-3-5-9/h1-7H,8,17-18H2. The van der Waals surface area contributed by atoms with Crippen molar-refractivity contribution in [2.75, 3.05) is 0 Å². The summed E-state index contributed by atoms with van der Waals surface area (Å²) in [5.74, 6) is 0. The molecular weight excluding hydrogens is 241 g/mol. The van der Waals surface area contributed by atoms with Crippen LogP contribution in [0.15, 0.2) is 48.1 Å². The molecule has 1 aliphatic rings. The van der Waals surface area contributed by atoms with Crippen LogP contribution in [0.3, 0.4) is 0 Å². The van der Waals surface area contributed by atoms with Crippen molar-refractivity contribution in [3.05, 3.63) is 53.6 Å². The molecule has 2 nitrogen and oxygen atoms in total. The van der Waals surface area contributed by atoms with E-state index in [4.69, 9.17) is 11.5 Å². The number of benzene rings is 1. The molecule has 96 valence electrons. The number of nitrogens with two attached hydrogens (primary N) is 2. The van der Waals surface area contributed by atoms with E-state index in [0.717, 1.165) is 0 Å². The Balaban J connectivity index is 2.54. The number of allylic oxidation sites excluding steroid dienone is 2. The van der Waals surface area contributed by atoms with Gasteiger partial charge in [0.25, 0.3) is 0 Å². The van der Waals surface area contributed by atoms with Gasteiger partial charge in [0.15, 0.2) is 0 Å². The van der Waals surface area contributed by atoms with Crippen molar-refractivity contribution in [3.63, 3.8) is 0 Å². The second-order valence-corrected chi connectivity index (χ2v) is 4.38. The maximum atomic E-state index is 13.0. The summed E-state index contributed by atoms with van der Waals surface area (Å²) in [6.07, 6.45) is -2.09. The van der Waals surface area contributed by atoms with Gasteiger partial charge in [-0.05, 0) is 17.2 Å². The molecule has 0 bridgehead atoms. The second-order valence-electron chi connectivity index (χ2n) is 4.38. The van der Waals surface area contributed by atoms with Gasteiger partial charge in [-0.2, -0.15) is 13.2 Å². The summed E-state index contributed by atoms with van der Waals surface area (Å²) in [5, 5.41) is 0. The minimum absolute atomic E-state index is 0.134. The number of hydrogen-bond acceptors (Lipinski definition) is 2. The molecule has 0 aliphatic heterocycles. The predicted molar refractivity (Wildman–Crippen MR) is 64.3 cm³/mol. The zero-order valence-electron chi connectivity index (χ0n) is 9.54. The molecule has 2 rings (SSSR count). The zero-order valence-corrected chi connectivity index (χ0v) is 9.54. The third-order valence-electron chi connectivity index (χ3n) is 2.80. The predicted octanol–water partition coefficient (Wildman–Crippen LogP) is 2.58. The number of alkyl halides is 3. The molecule has 0 heterocycles. The van der Waals surface area contributed by atoms with Crippen LogP contribution in [0.2, 0.25) is 0 Å². The first-order valence-electron chi connectivity index (χ1n) is 5.42. The molecule has 18 heavy (non-hydrogen) atoms. The molecule has 0 saturated carbocycles. The van der Waals surface area contributed by atoms with Crippen LogP contribution in [-0.2, 0) is 0 Å². The van der Waals surface area contributed by atoms with E-state index in [1.54, 1.807) is 30.3 Å². The highest BCUT2D eigenvalue weighted by atomic mass is 19.4. The third-order valence-corrected chi connectivity index (χ3v) is 2.80. The molecule has 1 aromatic carbocycles. The maximum absolute atomic E-state index is 13.0. The summed E-state index contributed by atoms with van der Waals surface area (Å²) in [6, 6.07) is 8.39. The Kier molecular flexibility index (Phi) is 3.04. The molecule has 0 atom stereocenters. The molecule has 1 aromatic rings. The highest BCUT2D eigenvalue weighted by Gasteiger charge is 2.40. The molecule has 0 aromatic heterocycles. The molecule has 4 N–H and O–H groups in total. The Labute approximate surface area is 103 Å². The number of hydrogen-bond donors (Lipinski definition) is 2. The van der Waals surface area contributed by atoms with Gasteiger partial charge in [0, 0.05) is 12.0 Å². The highest BCUT2D eigenvalue weighted by molar-refractivity contribution is 5.79. The van der Waals surface area contributed by atoms with Gasteiger partial charge in [-0.15, -0.1) is 0 Å². The first kappa shape index (κ1) is 12.9. The van der Waals surface area contributed by atoms with Crippen molar-refractivity contribution in [1.29, 1.82) is 0 Å².